The quantitative estimate of drug-likeness (QED) is 0.712. The second-order valence-corrected chi connectivity index (χ2v) is 3.92. The van der Waals surface area contributed by atoms with Crippen LogP contribution >= 0.6 is 0 Å². The SMILES string of the molecule is C[C@H]1CNCCN1C(=O)c1ncccc1O. The molecule has 5 heteroatoms. The molecule has 86 valence electrons. The molecule has 0 bridgehead atoms. The van der Waals surface area contributed by atoms with Crippen molar-refractivity contribution in [3.63, 3.8) is 0 Å². The van der Waals surface area contributed by atoms with Crippen molar-refractivity contribution >= 4 is 5.91 Å². The number of nitrogens with one attached hydrogen (secondary N) is 1. The van der Waals surface area contributed by atoms with Crippen LogP contribution in [0.2, 0.25) is 0 Å². The molecule has 0 saturated carbocycles. The molecule has 1 amide bonds. The Labute approximate surface area is 94.1 Å². The van der Waals surface area contributed by atoms with Gasteiger partial charge in [-0.2, -0.15) is 0 Å². The molecule has 1 aliphatic rings. The average Bonchev–Trinajstić information content (AvgIpc) is 2.29. The summed E-state index contributed by atoms with van der Waals surface area (Å²) < 4.78 is 0. The van der Waals surface area contributed by atoms with Crippen LogP contribution in [-0.4, -0.2) is 46.6 Å². The van der Waals surface area contributed by atoms with Gasteiger partial charge in [0.05, 0.1) is 0 Å². The molecular weight excluding hydrogens is 206 g/mol. The lowest BCUT2D eigenvalue weighted by Gasteiger charge is -2.33. The smallest absolute Gasteiger partial charge is 0.276 e. The third-order valence-electron chi connectivity index (χ3n) is 2.75. The normalized spacial score (nSPS) is 20.8. The third-order valence-corrected chi connectivity index (χ3v) is 2.75. The van der Waals surface area contributed by atoms with Crippen molar-refractivity contribution < 1.29 is 9.90 Å². The van der Waals surface area contributed by atoms with Crippen molar-refractivity contribution in [2.75, 3.05) is 19.6 Å². The van der Waals surface area contributed by atoms with Crippen LogP contribution in [-0.2, 0) is 0 Å². The zero-order valence-corrected chi connectivity index (χ0v) is 9.18. The van der Waals surface area contributed by atoms with Crippen LogP contribution in [0.25, 0.3) is 0 Å². The van der Waals surface area contributed by atoms with Gasteiger partial charge in [-0.05, 0) is 19.1 Å². The first-order chi connectivity index (χ1) is 7.70. The number of piperazine rings is 1. The molecule has 5 nitrogen and oxygen atoms in total. The Morgan fingerprint density at radius 1 is 1.69 bits per heavy atom. The van der Waals surface area contributed by atoms with Crippen molar-refractivity contribution in [2.24, 2.45) is 0 Å². The van der Waals surface area contributed by atoms with Crippen LogP contribution in [0.4, 0.5) is 0 Å². The molecule has 0 spiro atoms. The summed E-state index contributed by atoms with van der Waals surface area (Å²) in [5, 5.41) is 12.8. The first-order valence-electron chi connectivity index (χ1n) is 5.36. The van der Waals surface area contributed by atoms with Gasteiger partial charge in [0.2, 0.25) is 0 Å². The second kappa shape index (κ2) is 4.49. The van der Waals surface area contributed by atoms with Crippen LogP contribution in [0.3, 0.4) is 0 Å². The molecule has 1 aromatic heterocycles. The summed E-state index contributed by atoms with van der Waals surface area (Å²) in [6.07, 6.45) is 1.51. The summed E-state index contributed by atoms with van der Waals surface area (Å²) in [4.78, 5) is 17.8. The molecule has 0 unspecified atom stereocenters. The Kier molecular flexibility index (Phi) is 3.05. The van der Waals surface area contributed by atoms with Crippen molar-refractivity contribution in [3.05, 3.63) is 24.0 Å². The van der Waals surface area contributed by atoms with Gasteiger partial charge in [0.15, 0.2) is 5.69 Å². The number of nitrogens with zero attached hydrogens (tertiary/aromatic N) is 2. The van der Waals surface area contributed by atoms with Crippen LogP contribution in [0, 0.1) is 0 Å². The van der Waals surface area contributed by atoms with Crippen LogP contribution in [0.15, 0.2) is 18.3 Å². The van der Waals surface area contributed by atoms with Gasteiger partial charge in [-0.3, -0.25) is 4.79 Å². The van der Waals surface area contributed by atoms with Gasteiger partial charge >= 0.3 is 0 Å². The number of aromatic nitrogens is 1. The van der Waals surface area contributed by atoms with E-state index in [1.807, 2.05) is 6.92 Å². The third kappa shape index (κ3) is 1.99. The molecule has 0 aliphatic carbocycles. The fraction of sp³-hybridized carbons (Fsp3) is 0.455. The van der Waals surface area contributed by atoms with E-state index in [-0.39, 0.29) is 23.4 Å². The Morgan fingerprint density at radius 2 is 2.50 bits per heavy atom. The van der Waals surface area contributed by atoms with E-state index < -0.39 is 0 Å². The summed E-state index contributed by atoms with van der Waals surface area (Å²) in [6, 6.07) is 3.21. The van der Waals surface area contributed by atoms with Gasteiger partial charge in [0, 0.05) is 31.9 Å². The van der Waals surface area contributed by atoms with Crippen LogP contribution in [0.1, 0.15) is 17.4 Å². The highest BCUT2D eigenvalue weighted by Crippen LogP contribution is 2.16. The average molecular weight is 221 g/mol. The first kappa shape index (κ1) is 10.9. The minimum Gasteiger partial charge on any atom is -0.505 e. The molecular formula is C11H15N3O2. The van der Waals surface area contributed by atoms with Crippen molar-refractivity contribution in [1.82, 2.24) is 15.2 Å². The van der Waals surface area contributed by atoms with Gasteiger partial charge < -0.3 is 15.3 Å². The number of hydrogen-bond acceptors (Lipinski definition) is 4. The second-order valence-electron chi connectivity index (χ2n) is 3.92. The Morgan fingerprint density at radius 3 is 3.19 bits per heavy atom. The summed E-state index contributed by atoms with van der Waals surface area (Å²) in [6.45, 7) is 4.18. The van der Waals surface area contributed by atoms with E-state index in [1.165, 1.54) is 12.3 Å². The zero-order chi connectivity index (χ0) is 11.5. The van der Waals surface area contributed by atoms with E-state index in [0.29, 0.717) is 6.54 Å². The fourth-order valence-electron chi connectivity index (χ4n) is 1.84. The standard InChI is InChI=1S/C11H15N3O2/c1-8-7-12-5-6-14(8)11(16)10-9(15)3-2-4-13-10/h2-4,8,12,15H,5-7H2,1H3/t8-/m0/s1. The molecule has 2 heterocycles. The molecule has 16 heavy (non-hydrogen) atoms. The van der Waals surface area contributed by atoms with Crippen LogP contribution < -0.4 is 5.32 Å². The van der Waals surface area contributed by atoms with Gasteiger partial charge in [-0.15, -0.1) is 0 Å². The van der Waals surface area contributed by atoms with Gasteiger partial charge in [-0.1, -0.05) is 0 Å². The van der Waals surface area contributed by atoms with Crippen molar-refractivity contribution in [1.29, 1.82) is 0 Å². The number of rotatable bonds is 1. The monoisotopic (exact) mass is 221 g/mol. The molecule has 1 atom stereocenters. The number of amides is 1. The topological polar surface area (TPSA) is 65.5 Å². The minimum absolute atomic E-state index is 0.0572. The highest BCUT2D eigenvalue weighted by molar-refractivity contribution is 5.95. The summed E-state index contributed by atoms with van der Waals surface area (Å²) in [5.74, 6) is -0.259. The maximum absolute atomic E-state index is 12.1. The summed E-state index contributed by atoms with van der Waals surface area (Å²) in [7, 11) is 0. The Balaban J connectivity index is 2.21. The van der Waals surface area contributed by atoms with E-state index in [1.54, 1.807) is 11.0 Å². The predicted octanol–water partition coefficient (Wildman–Crippen LogP) is 0.221. The molecule has 1 aliphatic heterocycles. The highest BCUT2D eigenvalue weighted by atomic mass is 16.3. The summed E-state index contributed by atoms with van der Waals surface area (Å²) in [5.41, 5.74) is 0.135. The number of pyridine rings is 1. The lowest BCUT2D eigenvalue weighted by molar-refractivity contribution is 0.0646. The van der Waals surface area contributed by atoms with Gasteiger partial charge in [0.25, 0.3) is 5.91 Å². The molecule has 1 saturated heterocycles. The van der Waals surface area contributed by atoms with Gasteiger partial charge in [-0.25, -0.2) is 4.98 Å². The van der Waals surface area contributed by atoms with Crippen molar-refractivity contribution in [3.8, 4) is 5.75 Å². The maximum Gasteiger partial charge on any atom is 0.276 e. The van der Waals surface area contributed by atoms with E-state index in [9.17, 15) is 9.90 Å². The highest BCUT2D eigenvalue weighted by Gasteiger charge is 2.26. The largest absolute Gasteiger partial charge is 0.505 e. The maximum atomic E-state index is 12.1. The van der Waals surface area contributed by atoms with E-state index >= 15 is 0 Å². The number of carbonyl (C=O) groups excluding carboxylic acids is 1. The Hall–Kier alpha value is -1.62. The fourth-order valence-corrected chi connectivity index (χ4v) is 1.84. The number of carbonyl (C=O) groups is 1. The molecule has 0 aromatic carbocycles. The van der Waals surface area contributed by atoms with Crippen molar-refractivity contribution in [2.45, 2.75) is 13.0 Å². The summed E-state index contributed by atoms with van der Waals surface area (Å²) >= 11 is 0. The van der Waals surface area contributed by atoms with E-state index in [4.69, 9.17) is 0 Å². The minimum atomic E-state index is -0.202. The van der Waals surface area contributed by atoms with E-state index in [0.717, 1.165) is 13.1 Å². The lowest BCUT2D eigenvalue weighted by Crippen LogP contribution is -2.52. The lowest BCUT2D eigenvalue weighted by atomic mass is 10.2. The molecule has 2 rings (SSSR count). The number of hydrogen-bond donors (Lipinski definition) is 2. The molecule has 1 fully saturated rings. The molecule has 1 aromatic rings. The predicted molar refractivity (Wildman–Crippen MR) is 59.3 cm³/mol. The van der Waals surface area contributed by atoms with Gasteiger partial charge in [0.1, 0.15) is 5.75 Å². The van der Waals surface area contributed by atoms with E-state index in [2.05, 4.69) is 10.3 Å². The molecule has 2 N–H and O–H groups in total. The first-order valence-corrected chi connectivity index (χ1v) is 5.36. The zero-order valence-electron chi connectivity index (χ0n) is 9.18. The Bertz CT molecular complexity index is 395. The van der Waals surface area contributed by atoms with Crippen LogP contribution in [0.5, 0.6) is 5.75 Å². The molecule has 0 radical (unpaired) electrons. The number of aromatic hydroxyl groups is 1.